The van der Waals surface area contributed by atoms with E-state index >= 15 is 0 Å². The number of nitrogens with zero attached hydrogens (tertiary/aromatic N) is 4. The average Bonchev–Trinajstić information content (AvgIpc) is 2.76. The maximum atomic E-state index is 10.5. The molecule has 19 heavy (non-hydrogen) atoms. The molecule has 0 aliphatic heterocycles. The first-order chi connectivity index (χ1) is 9.11. The summed E-state index contributed by atoms with van der Waals surface area (Å²) in [4.78, 5) is 20.7. The molecular weight excluding hydrogens is 273 g/mol. The van der Waals surface area contributed by atoms with Crippen molar-refractivity contribution in [1.29, 1.82) is 0 Å². The van der Waals surface area contributed by atoms with E-state index in [4.69, 9.17) is 20.1 Å². The molecule has 2 aromatic rings. The Kier molecular flexibility index (Phi) is 4.20. The molecule has 0 amide bonds. The lowest BCUT2D eigenvalue weighted by Gasteiger charge is -2.04. The highest BCUT2D eigenvalue weighted by Crippen LogP contribution is 2.21. The van der Waals surface area contributed by atoms with Crippen LogP contribution in [0.1, 0.15) is 0 Å². The van der Waals surface area contributed by atoms with Gasteiger partial charge in [-0.1, -0.05) is 0 Å². The molecule has 0 aliphatic carbocycles. The van der Waals surface area contributed by atoms with E-state index in [0.717, 1.165) is 0 Å². The van der Waals surface area contributed by atoms with Gasteiger partial charge in [0.1, 0.15) is 0 Å². The molecule has 10 heteroatoms. The quantitative estimate of drug-likeness (QED) is 0.566. The Hall–Kier alpha value is -1.83. The minimum atomic E-state index is -2.28. The number of imidazole rings is 1. The molecule has 3 N–H and O–H groups in total. The van der Waals surface area contributed by atoms with Gasteiger partial charge >= 0.3 is 8.03 Å². The molecule has 0 bridgehead atoms. The van der Waals surface area contributed by atoms with E-state index in [9.17, 15) is 4.57 Å². The van der Waals surface area contributed by atoms with Crippen LogP contribution in [-0.4, -0.2) is 44.5 Å². The van der Waals surface area contributed by atoms with E-state index in [1.54, 1.807) is 10.9 Å². The zero-order valence-corrected chi connectivity index (χ0v) is 11.1. The van der Waals surface area contributed by atoms with E-state index in [0.29, 0.717) is 23.6 Å². The lowest BCUT2D eigenvalue weighted by molar-refractivity contribution is 0.163. The molecule has 0 radical (unpaired) electrons. The number of hydrogen-bond donors (Lipinski definition) is 2. The van der Waals surface area contributed by atoms with Gasteiger partial charge in [0.2, 0.25) is 11.8 Å². The number of aromatic nitrogens is 4. The lowest BCUT2D eigenvalue weighted by Crippen LogP contribution is -2.07. The highest BCUT2D eigenvalue weighted by atomic mass is 31.1. The number of hydrogen-bond acceptors (Lipinski definition) is 7. The normalized spacial score (nSPS) is 11.8. The molecule has 0 spiro atoms. The third-order valence-electron chi connectivity index (χ3n) is 2.32. The Balaban J connectivity index is 2.15. The van der Waals surface area contributed by atoms with Crippen LogP contribution in [0.2, 0.25) is 0 Å². The lowest BCUT2D eigenvalue weighted by atomic mass is 10.5. The van der Waals surface area contributed by atoms with Gasteiger partial charge in [0, 0.05) is 6.54 Å². The van der Waals surface area contributed by atoms with Crippen LogP contribution >= 0.6 is 8.03 Å². The predicted molar refractivity (Wildman–Crippen MR) is 66.9 cm³/mol. The largest absolute Gasteiger partial charge is 0.534 e. The molecular formula is C9H13N5O4P+. The summed E-state index contributed by atoms with van der Waals surface area (Å²) in [6, 6.07) is 0. The zero-order chi connectivity index (χ0) is 13.8. The Morgan fingerprint density at radius 1 is 1.53 bits per heavy atom. The maximum Gasteiger partial charge on any atom is 0.534 e. The number of anilines is 1. The van der Waals surface area contributed by atoms with Gasteiger partial charge in [-0.05, 0) is 4.57 Å². The smallest absolute Gasteiger partial charge is 0.479 e. The van der Waals surface area contributed by atoms with Crippen molar-refractivity contribution in [2.24, 2.45) is 0 Å². The highest BCUT2D eigenvalue weighted by molar-refractivity contribution is 7.37. The summed E-state index contributed by atoms with van der Waals surface area (Å²) in [7, 11) is -0.806. The summed E-state index contributed by atoms with van der Waals surface area (Å²) in [5.41, 5.74) is 6.61. The van der Waals surface area contributed by atoms with E-state index in [2.05, 4.69) is 15.0 Å². The van der Waals surface area contributed by atoms with Gasteiger partial charge in [-0.3, -0.25) is 0 Å². The van der Waals surface area contributed by atoms with Gasteiger partial charge in [0.05, 0.1) is 20.0 Å². The van der Waals surface area contributed by atoms with Crippen LogP contribution in [-0.2, 0) is 15.8 Å². The molecule has 2 heterocycles. The van der Waals surface area contributed by atoms with Crippen molar-refractivity contribution >= 4 is 25.1 Å². The standard InChI is InChI=1S/C9H12N5O4P/c1-17-8-6-7(12-9(10)13-8)14(4-11-6)2-3-18-5-19(15)16/h4H,2-3,5H2,1H3,(H2-,10,12,13,15,16)/p+1. The second-order valence-electron chi connectivity index (χ2n) is 3.59. The average molecular weight is 286 g/mol. The minimum Gasteiger partial charge on any atom is -0.479 e. The topological polar surface area (TPSA) is 125 Å². The fourth-order valence-corrected chi connectivity index (χ4v) is 1.83. The number of fused-ring (bicyclic) bond motifs is 1. The van der Waals surface area contributed by atoms with E-state index in [1.165, 1.54) is 7.11 Å². The van der Waals surface area contributed by atoms with Gasteiger partial charge < -0.3 is 19.8 Å². The molecule has 9 nitrogen and oxygen atoms in total. The molecule has 2 rings (SSSR count). The first-order valence-corrected chi connectivity index (χ1v) is 6.75. The zero-order valence-electron chi connectivity index (χ0n) is 10.2. The number of rotatable bonds is 6. The van der Waals surface area contributed by atoms with Gasteiger partial charge in [-0.15, -0.1) is 0 Å². The van der Waals surface area contributed by atoms with Gasteiger partial charge in [0.25, 0.3) is 6.35 Å². The van der Waals surface area contributed by atoms with Crippen LogP contribution in [0.25, 0.3) is 11.2 Å². The Morgan fingerprint density at radius 3 is 3.00 bits per heavy atom. The second-order valence-corrected chi connectivity index (χ2v) is 4.55. The van der Waals surface area contributed by atoms with Crippen molar-refractivity contribution in [1.82, 2.24) is 19.5 Å². The van der Waals surface area contributed by atoms with Crippen LogP contribution in [0.3, 0.4) is 0 Å². The fraction of sp³-hybridized carbons (Fsp3) is 0.444. The Labute approximate surface area is 109 Å². The van der Waals surface area contributed by atoms with Gasteiger partial charge in [-0.25, -0.2) is 4.98 Å². The number of nitrogen functional groups attached to an aromatic ring is 1. The van der Waals surface area contributed by atoms with E-state index in [-0.39, 0.29) is 18.9 Å². The molecule has 0 aromatic carbocycles. The van der Waals surface area contributed by atoms with Crippen LogP contribution in [0.15, 0.2) is 6.33 Å². The third-order valence-corrected chi connectivity index (χ3v) is 2.72. The van der Waals surface area contributed by atoms with Crippen LogP contribution in [0.5, 0.6) is 5.88 Å². The maximum absolute atomic E-state index is 10.5. The van der Waals surface area contributed by atoms with Crippen molar-refractivity contribution in [2.75, 3.05) is 25.8 Å². The molecule has 0 aliphatic rings. The van der Waals surface area contributed by atoms with Crippen molar-refractivity contribution < 1.29 is 18.9 Å². The summed E-state index contributed by atoms with van der Waals surface area (Å²) >= 11 is 0. The van der Waals surface area contributed by atoms with Crippen LogP contribution in [0, 0.1) is 0 Å². The summed E-state index contributed by atoms with van der Waals surface area (Å²) in [6.07, 6.45) is 1.37. The summed E-state index contributed by atoms with van der Waals surface area (Å²) < 4.78 is 22.2. The summed E-state index contributed by atoms with van der Waals surface area (Å²) in [6.45, 7) is 0.693. The van der Waals surface area contributed by atoms with E-state index < -0.39 is 8.03 Å². The summed E-state index contributed by atoms with van der Waals surface area (Å²) in [5, 5.41) is 0. The van der Waals surface area contributed by atoms with Crippen molar-refractivity contribution in [3.63, 3.8) is 0 Å². The molecule has 1 unspecified atom stereocenters. The van der Waals surface area contributed by atoms with E-state index in [1.807, 2.05) is 0 Å². The Morgan fingerprint density at radius 2 is 2.32 bits per heavy atom. The van der Waals surface area contributed by atoms with Crippen molar-refractivity contribution in [3.05, 3.63) is 6.33 Å². The Bertz CT molecular complexity index is 602. The molecule has 0 saturated heterocycles. The fourth-order valence-electron chi connectivity index (χ4n) is 1.55. The molecule has 2 aromatic heterocycles. The van der Waals surface area contributed by atoms with Crippen molar-refractivity contribution in [3.8, 4) is 5.88 Å². The number of ether oxygens (including phenoxy) is 2. The molecule has 0 fully saturated rings. The van der Waals surface area contributed by atoms with Crippen LogP contribution < -0.4 is 10.5 Å². The molecule has 102 valence electrons. The molecule has 0 saturated carbocycles. The molecule has 1 atom stereocenters. The first-order valence-electron chi connectivity index (χ1n) is 5.35. The minimum absolute atomic E-state index is 0.0884. The number of nitrogens with two attached hydrogens (primary N) is 1. The predicted octanol–water partition coefficient (Wildman–Crippen LogP) is 0.126. The van der Waals surface area contributed by atoms with Gasteiger partial charge in [-0.2, -0.15) is 14.9 Å². The third kappa shape index (κ3) is 3.14. The monoisotopic (exact) mass is 286 g/mol. The van der Waals surface area contributed by atoms with Crippen LogP contribution in [0.4, 0.5) is 5.95 Å². The second kappa shape index (κ2) is 5.87. The highest BCUT2D eigenvalue weighted by Gasteiger charge is 2.13. The SMILES string of the molecule is COc1nc(N)nc2c1ncn2CCOC[P+](=O)O. The first kappa shape index (κ1) is 13.6. The summed E-state index contributed by atoms with van der Waals surface area (Å²) in [5.74, 6) is 0.395. The number of methoxy groups -OCH3 is 1. The van der Waals surface area contributed by atoms with Gasteiger partial charge in [0.15, 0.2) is 11.2 Å². The van der Waals surface area contributed by atoms with Crippen molar-refractivity contribution in [2.45, 2.75) is 6.54 Å².